The third kappa shape index (κ3) is 2.96. The summed E-state index contributed by atoms with van der Waals surface area (Å²) in [6.07, 6.45) is 0.936. The minimum atomic E-state index is 0.565. The Labute approximate surface area is 217 Å². The van der Waals surface area contributed by atoms with E-state index >= 15 is 0 Å². The zero-order valence-electron chi connectivity index (χ0n) is 21.3. The lowest BCUT2D eigenvalue weighted by molar-refractivity contribution is 1.28. The van der Waals surface area contributed by atoms with Crippen LogP contribution >= 0.6 is 0 Å². The maximum atomic E-state index is 9.14. The Morgan fingerprint density at radius 3 is 1.95 bits per heavy atom. The highest BCUT2D eigenvalue weighted by Gasteiger charge is 2.26. The van der Waals surface area contributed by atoms with E-state index in [1.807, 2.05) is 12.1 Å². The average molecular weight is 470 g/mol. The van der Waals surface area contributed by atoms with E-state index < -0.39 is 0 Å². The normalized spacial score (nSPS) is 12.6. The van der Waals surface area contributed by atoms with Gasteiger partial charge in [0.1, 0.15) is 0 Å². The lowest BCUT2D eigenvalue weighted by Gasteiger charge is -2.19. The zero-order chi connectivity index (χ0) is 25.2. The summed E-state index contributed by atoms with van der Waals surface area (Å²) in [6.45, 7) is 0. The second kappa shape index (κ2) is 7.91. The van der Waals surface area contributed by atoms with Gasteiger partial charge in [0.2, 0.25) is 0 Å². The molecular weight excluding hydrogens is 444 g/mol. The minimum absolute atomic E-state index is 0.565. The van der Waals surface area contributed by atoms with E-state index in [1.165, 1.54) is 66.1 Å². The van der Waals surface area contributed by atoms with Gasteiger partial charge in [0.15, 0.2) is 0 Å². The number of rotatable bonds is 2. The second-order valence-electron chi connectivity index (χ2n) is 9.95. The van der Waals surface area contributed by atoms with Crippen molar-refractivity contribution in [1.29, 1.82) is 0 Å². The highest BCUT2D eigenvalue weighted by atomic mass is 14.3. The molecule has 0 radical (unpaired) electrons. The smallest absolute Gasteiger partial charge is 0.0622 e. The van der Waals surface area contributed by atoms with Gasteiger partial charge in [-0.05, 0) is 83.2 Å². The van der Waals surface area contributed by atoms with E-state index in [-0.39, 0.29) is 0 Å². The molecule has 1 aliphatic carbocycles. The molecule has 0 aliphatic heterocycles. The molecule has 0 N–H and O–H groups in total. The highest BCUT2D eigenvalue weighted by Crippen LogP contribution is 2.50. The number of hydrogen-bond acceptors (Lipinski definition) is 0. The van der Waals surface area contributed by atoms with Crippen molar-refractivity contribution in [2.45, 2.75) is 6.42 Å². The van der Waals surface area contributed by atoms with Gasteiger partial charge in [-0.25, -0.2) is 0 Å². The Bertz CT molecular complexity index is 2050. The van der Waals surface area contributed by atoms with Gasteiger partial charge in [-0.3, -0.25) is 0 Å². The Balaban J connectivity index is 1.53. The van der Waals surface area contributed by atoms with E-state index in [0.29, 0.717) is 6.04 Å². The van der Waals surface area contributed by atoms with Crippen LogP contribution in [0.3, 0.4) is 0 Å². The molecule has 0 saturated heterocycles. The number of fused-ring (bicyclic) bond motifs is 7. The number of benzene rings is 7. The molecular formula is C37H24. The summed E-state index contributed by atoms with van der Waals surface area (Å²) < 4.78 is 9.14. The van der Waals surface area contributed by atoms with Crippen molar-refractivity contribution in [2.75, 3.05) is 0 Å². The van der Waals surface area contributed by atoms with Crippen molar-refractivity contribution in [3.63, 3.8) is 0 Å². The van der Waals surface area contributed by atoms with Crippen molar-refractivity contribution in [3.8, 4) is 33.4 Å². The summed E-state index contributed by atoms with van der Waals surface area (Å²) in [5, 5.41) is 7.20. The molecule has 0 heteroatoms. The molecule has 1 aliphatic rings. The molecule has 0 saturated carbocycles. The molecule has 7 aromatic carbocycles. The lowest BCUT2D eigenvalue weighted by atomic mass is 9.83. The van der Waals surface area contributed by atoms with E-state index in [1.54, 1.807) is 0 Å². The van der Waals surface area contributed by atoms with Crippen LogP contribution in [0.25, 0.3) is 65.7 Å². The van der Waals surface area contributed by atoms with Gasteiger partial charge < -0.3 is 0 Å². The maximum absolute atomic E-state index is 9.14. The predicted molar refractivity (Wildman–Crippen MR) is 158 cm³/mol. The van der Waals surface area contributed by atoms with Crippen molar-refractivity contribution in [3.05, 3.63) is 145 Å². The topological polar surface area (TPSA) is 0 Å². The largest absolute Gasteiger partial charge is 0.0629 e. The summed E-state index contributed by atoms with van der Waals surface area (Å²) in [6, 6.07) is 46.1. The van der Waals surface area contributed by atoms with Crippen LogP contribution in [0.4, 0.5) is 0 Å². The molecule has 0 fully saturated rings. The first kappa shape index (κ1) is 19.5. The molecule has 0 spiro atoms. The quantitative estimate of drug-likeness (QED) is 0.221. The third-order valence-electron chi connectivity index (χ3n) is 8.00. The van der Waals surface area contributed by atoms with Crippen molar-refractivity contribution in [1.82, 2.24) is 0 Å². The first-order valence-corrected chi connectivity index (χ1v) is 12.9. The van der Waals surface area contributed by atoms with Crippen LogP contribution in [0.2, 0.25) is 0 Å². The second-order valence-corrected chi connectivity index (χ2v) is 9.95. The van der Waals surface area contributed by atoms with Gasteiger partial charge in [-0.1, -0.05) is 133 Å². The fourth-order valence-corrected chi connectivity index (χ4v) is 6.47. The fourth-order valence-electron chi connectivity index (χ4n) is 6.47. The van der Waals surface area contributed by atoms with Crippen LogP contribution in [0.1, 0.15) is 12.5 Å². The molecule has 37 heavy (non-hydrogen) atoms. The van der Waals surface area contributed by atoms with Crippen molar-refractivity contribution in [2.24, 2.45) is 0 Å². The molecule has 7 aromatic rings. The third-order valence-corrected chi connectivity index (χ3v) is 8.00. The Morgan fingerprint density at radius 1 is 0.432 bits per heavy atom. The first-order valence-electron chi connectivity index (χ1n) is 13.4. The molecule has 0 bridgehead atoms. The predicted octanol–water partition coefficient (Wildman–Crippen LogP) is 10.1. The zero-order valence-corrected chi connectivity index (χ0v) is 20.3. The summed E-state index contributed by atoms with van der Waals surface area (Å²) >= 11 is 0. The number of hydrogen-bond donors (Lipinski definition) is 0. The standard InChI is InChI=1S/C37H24/c1-2-12-25(13-3-1)35-28-16-6-8-18-30(28)37(31-19-9-7-17-29(31)35)33-20-10-14-26-23-34-27-15-5-4-11-24(27)21-22-32(34)36(26)33/h1-22H,23H2/i18D. The van der Waals surface area contributed by atoms with E-state index in [2.05, 4.69) is 115 Å². The molecule has 0 atom stereocenters. The van der Waals surface area contributed by atoms with Gasteiger partial charge in [0.25, 0.3) is 0 Å². The van der Waals surface area contributed by atoms with Crippen molar-refractivity contribution < 1.29 is 1.37 Å². The van der Waals surface area contributed by atoms with Crippen molar-refractivity contribution >= 4 is 32.3 Å². The van der Waals surface area contributed by atoms with E-state index in [0.717, 1.165) is 17.2 Å². The van der Waals surface area contributed by atoms with E-state index in [4.69, 9.17) is 1.37 Å². The molecule has 8 rings (SSSR count). The van der Waals surface area contributed by atoms with Crippen LogP contribution in [0.15, 0.2) is 133 Å². The van der Waals surface area contributed by atoms with Gasteiger partial charge in [-0.15, -0.1) is 0 Å². The summed E-state index contributed by atoms with van der Waals surface area (Å²) in [4.78, 5) is 0. The SMILES string of the molecule is [2H]c1cccc2c(-c3ccccc3)c3ccccc3c(-c3cccc4c3-c3ccc5ccccc5c3C4)c12. The summed E-state index contributed by atoms with van der Waals surface area (Å²) in [7, 11) is 0. The molecule has 0 nitrogen and oxygen atoms in total. The van der Waals surface area contributed by atoms with Gasteiger partial charge in [-0.2, -0.15) is 0 Å². The van der Waals surface area contributed by atoms with Gasteiger partial charge in [0.05, 0.1) is 1.37 Å². The van der Waals surface area contributed by atoms with Crippen LogP contribution in [-0.2, 0) is 6.42 Å². The molecule has 0 unspecified atom stereocenters. The minimum Gasteiger partial charge on any atom is -0.0622 e. The fraction of sp³-hybridized carbons (Fsp3) is 0.0270. The maximum Gasteiger partial charge on any atom is 0.0629 e. The lowest BCUT2D eigenvalue weighted by Crippen LogP contribution is -1.93. The summed E-state index contributed by atoms with van der Waals surface area (Å²) in [5.74, 6) is 0. The monoisotopic (exact) mass is 469 g/mol. The first-order chi connectivity index (χ1) is 18.8. The Hall–Kier alpha value is -4.68. The summed E-state index contributed by atoms with van der Waals surface area (Å²) in [5.41, 5.74) is 10.2. The van der Waals surface area contributed by atoms with Gasteiger partial charge >= 0.3 is 0 Å². The molecule has 0 aromatic heterocycles. The Morgan fingerprint density at radius 2 is 1.11 bits per heavy atom. The van der Waals surface area contributed by atoms with Crippen LogP contribution in [0.5, 0.6) is 0 Å². The van der Waals surface area contributed by atoms with Crippen LogP contribution in [0, 0.1) is 0 Å². The molecule has 172 valence electrons. The van der Waals surface area contributed by atoms with Crippen LogP contribution < -0.4 is 0 Å². The van der Waals surface area contributed by atoms with Crippen LogP contribution in [-0.4, -0.2) is 0 Å². The van der Waals surface area contributed by atoms with E-state index in [9.17, 15) is 0 Å². The highest BCUT2D eigenvalue weighted by molar-refractivity contribution is 6.22. The Kier molecular flexibility index (Phi) is 4.17. The van der Waals surface area contributed by atoms with Gasteiger partial charge in [0, 0.05) is 0 Å². The molecule has 0 heterocycles. The average Bonchev–Trinajstić information content (AvgIpc) is 3.36. The molecule has 0 amide bonds.